The van der Waals surface area contributed by atoms with E-state index < -0.39 is 0 Å². The number of nitriles is 1. The number of nitrogens with zero attached hydrogens (tertiary/aromatic N) is 2. The van der Waals surface area contributed by atoms with Crippen molar-refractivity contribution in [3.8, 4) is 6.07 Å². The number of hydrogen-bond acceptors (Lipinski definition) is 3. The van der Waals surface area contributed by atoms with Gasteiger partial charge in [0.05, 0.1) is 24.3 Å². The Morgan fingerprint density at radius 2 is 2.00 bits per heavy atom. The highest BCUT2D eigenvalue weighted by atomic mass is 16.3. The summed E-state index contributed by atoms with van der Waals surface area (Å²) in [6, 6.07) is 14.4. The Labute approximate surface area is 125 Å². The average Bonchev–Trinajstić information content (AvgIpc) is 2.53. The molecule has 0 amide bonds. The van der Waals surface area contributed by atoms with Crippen molar-refractivity contribution >= 4 is 16.5 Å². The molecule has 0 spiro atoms. The molecule has 3 nitrogen and oxygen atoms in total. The van der Waals surface area contributed by atoms with Crippen LogP contribution in [0.3, 0.4) is 0 Å². The van der Waals surface area contributed by atoms with Gasteiger partial charge in [0.25, 0.3) is 0 Å². The molecule has 0 aromatic heterocycles. The molecule has 0 aliphatic carbocycles. The molecule has 3 heteroatoms. The van der Waals surface area contributed by atoms with Crippen LogP contribution in [0.1, 0.15) is 25.3 Å². The van der Waals surface area contributed by atoms with Crippen LogP contribution < -0.4 is 4.90 Å². The second-order valence-corrected chi connectivity index (χ2v) is 5.85. The molecule has 2 unspecified atom stereocenters. The van der Waals surface area contributed by atoms with Gasteiger partial charge in [0.2, 0.25) is 0 Å². The zero-order valence-electron chi connectivity index (χ0n) is 12.3. The standard InChI is InChI=1S/C18H20N2O/c1-13-5-4-10-20(18(13)12-21)17-9-8-14(11-19)15-6-2-3-7-16(15)17/h2-3,6-9,13,18,21H,4-5,10,12H2,1H3. The van der Waals surface area contributed by atoms with E-state index >= 15 is 0 Å². The normalized spacial score (nSPS) is 22.2. The highest BCUT2D eigenvalue weighted by Gasteiger charge is 2.29. The molecule has 0 saturated carbocycles. The van der Waals surface area contributed by atoms with Crippen molar-refractivity contribution in [3.05, 3.63) is 42.0 Å². The average molecular weight is 280 g/mol. The van der Waals surface area contributed by atoms with E-state index in [2.05, 4.69) is 24.0 Å². The third kappa shape index (κ3) is 2.36. The molecule has 1 aliphatic rings. The molecule has 1 fully saturated rings. The lowest BCUT2D eigenvalue weighted by Crippen LogP contribution is -2.46. The van der Waals surface area contributed by atoms with Crippen molar-refractivity contribution in [1.29, 1.82) is 5.26 Å². The van der Waals surface area contributed by atoms with E-state index in [9.17, 15) is 10.4 Å². The van der Waals surface area contributed by atoms with Gasteiger partial charge in [-0.05, 0) is 30.9 Å². The first kappa shape index (κ1) is 13.9. The summed E-state index contributed by atoms with van der Waals surface area (Å²) in [5, 5.41) is 21.1. The Hall–Kier alpha value is -2.05. The SMILES string of the molecule is CC1CCCN(c2ccc(C#N)c3ccccc23)C1CO. The number of aliphatic hydroxyl groups is 1. The maximum Gasteiger partial charge on any atom is 0.0998 e. The van der Waals surface area contributed by atoms with Gasteiger partial charge < -0.3 is 10.0 Å². The van der Waals surface area contributed by atoms with Crippen LogP contribution in [0, 0.1) is 17.2 Å². The maximum absolute atomic E-state index is 9.77. The largest absolute Gasteiger partial charge is 0.394 e. The molecule has 1 N–H and O–H groups in total. The van der Waals surface area contributed by atoms with E-state index in [1.807, 2.05) is 30.3 Å². The lowest BCUT2D eigenvalue weighted by molar-refractivity contribution is 0.203. The van der Waals surface area contributed by atoms with Crippen LogP contribution in [-0.2, 0) is 0 Å². The summed E-state index contributed by atoms with van der Waals surface area (Å²) in [7, 11) is 0. The predicted octanol–water partition coefficient (Wildman–Crippen LogP) is 3.31. The van der Waals surface area contributed by atoms with Gasteiger partial charge in [-0.1, -0.05) is 31.2 Å². The molecular formula is C18H20N2O. The van der Waals surface area contributed by atoms with E-state index in [1.165, 1.54) is 0 Å². The predicted molar refractivity (Wildman–Crippen MR) is 85.3 cm³/mol. The van der Waals surface area contributed by atoms with Gasteiger partial charge >= 0.3 is 0 Å². The van der Waals surface area contributed by atoms with Crippen LogP contribution >= 0.6 is 0 Å². The van der Waals surface area contributed by atoms with Crippen LogP contribution in [0.5, 0.6) is 0 Å². The number of aliphatic hydroxyl groups excluding tert-OH is 1. The summed E-state index contributed by atoms with van der Waals surface area (Å²) in [5.74, 6) is 0.484. The highest BCUT2D eigenvalue weighted by molar-refractivity contribution is 5.98. The number of rotatable bonds is 2. The molecule has 1 heterocycles. The fraction of sp³-hybridized carbons (Fsp3) is 0.389. The molecule has 2 aromatic carbocycles. The van der Waals surface area contributed by atoms with Crippen molar-refractivity contribution in [2.75, 3.05) is 18.1 Å². The number of piperidine rings is 1. The minimum absolute atomic E-state index is 0.162. The molecule has 0 radical (unpaired) electrons. The summed E-state index contributed by atoms with van der Waals surface area (Å²) in [5.41, 5.74) is 1.84. The van der Waals surface area contributed by atoms with Gasteiger partial charge in [-0.25, -0.2) is 0 Å². The number of fused-ring (bicyclic) bond motifs is 1. The molecule has 2 atom stereocenters. The molecule has 3 rings (SSSR count). The summed E-state index contributed by atoms with van der Waals surface area (Å²) in [6.07, 6.45) is 2.31. The number of anilines is 1. The van der Waals surface area contributed by atoms with E-state index in [4.69, 9.17) is 0 Å². The van der Waals surface area contributed by atoms with Gasteiger partial charge in [-0.3, -0.25) is 0 Å². The van der Waals surface area contributed by atoms with E-state index in [-0.39, 0.29) is 12.6 Å². The topological polar surface area (TPSA) is 47.3 Å². The zero-order chi connectivity index (χ0) is 14.8. The summed E-state index contributed by atoms with van der Waals surface area (Å²) in [6.45, 7) is 3.35. The second kappa shape index (κ2) is 5.75. The van der Waals surface area contributed by atoms with Crippen LogP contribution in [0.4, 0.5) is 5.69 Å². The van der Waals surface area contributed by atoms with Gasteiger partial charge in [-0.15, -0.1) is 0 Å². The minimum Gasteiger partial charge on any atom is -0.394 e. The van der Waals surface area contributed by atoms with Gasteiger partial charge in [0.15, 0.2) is 0 Å². The Kier molecular flexibility index (Phi) is 3.81. The van der Waals surface area contributed by atoms with Crippen LogP contribution in [0.2, 0.25) is 0 Å². The summed E-state index contributed by atoms with van der Waals surface area (Å²) >= 11 is 0. The molecule has 2 aromatic rings. The Morgan fingerprint density at radius 3 is 2.71 bits per heavy atom. The van der Waals surface area contributed by atoms with E-state index in [0.717, 1.165) is 35.8 Å². The molecule has 1 saturated heterocycles. The first-order valence-electron chi connectivity index (χ1n) is 7.55. The first-order valence-corrected chi connectivity index (χ1v) is 7.55. The fourth-order valence-corrected chi connectivity index (χ4v) is 3.46. The Morgan fingerprint density at radius 1 is 1.24 bits per heavy atom. The molecule has 108 valence electrons. The second-order valence-electron chi connectivity index (χ2n) is 5.85. The Balaban J connectivity index is 2.14. The third-order valence-electron chi connectivity index (χ3n) is 4.63. The minimum atomic E-state index is 0.162. The summed E-state index contributed by atoms with van der Waals surface area (Å²) < 4.78 is 0. The van der Waals surface area contributed by atoms with Crippen molar-refractivity contribution in [3.63, 3.8) is 0 Å². The smallest absolute Gasteiger partial charge is 0.0998 e. The quantitative estimate of drug-likeness (QED) is 0.918. The van der Waals surface area contributed by atoms with Crippen LogP contribution in [0.25, 0.3) is 10.8 Å². The van der Waals surface area contributed by atoms with E-state index in [1.54, 1.807) is 0 Å². The van der Waals surface area contributed by atoms with Gasteiger partial charge in [-0.2, -0.15) is 5.26 Å². The van der Waals surface area contributed by atoms with Crippen LogP contribution in [-0.4, -0.2) is 24.3 Å². The lowest BCUT2D eigenvalue weighted by Gasteiger charge is -2.41. The monoisotopic (exact) mass is 280 g/mol. The highest BCUT2D eigenvalue weighted by Crippen LogP contribution is 2.34. The van der Waals surface area contributed by atoms with Crippen molar-refractivity contribution in [2.24, 2.45) is 5.92 Å². The molecular weight excluding hydrogens is 260 g/mol. The van der Waals surface area contributed by atoms with Gasteiger partial charge in [0, 0.05) is 23.0 Å². The fourth-order valence-electron chi connectivity index (χ4n) is 3.46. The zero-order valence-corrected chi connectivity index (χ0v) is 12.3. The first-order chi connectivity index (χ1) is 10.3. The summed E-state index contributed by atoms with van der Waals surface area (Å²) in [4.78, 5) is 2.32. The maximum atomic E-state index is 9.77. The lowest BCUT2D eigenvalue weighted by atomic mass is 9.90. The number of hydrogen-bond donors (Lipinski definition) is 1. The molecule has 21 heavy (non-hydrogen) atoms. The number of benzene rings is 2. The molecule has 0 bridgehead atoms. The van der Waals surface area contributed by atoms with Crippen molar-refractivity contribution < 1.29 is 5.11 Å². The van der Waals surface area contributed by atoms with Crippen LogP contribution in [0.15, 0.2) is 36.4 Å². The van der Waals surface area contributed by atoms with Crippen molar-refractivity contribution in [1.82, 2.24) is 0 Å². The van der Waals surface area contributed by atoms with Crippen molar-refractivity contribution in [2.45, 2.75) is 25.8 Å². The third-order valence-corrected chi connectivity index (χ3v) is 4.63. The molecule has 1 aliphatic heterocycles. The van der Waals surface area contributed by atoms with E-state index in [0.29, 0.717) is 11.5 Å². The Bertz CT molecular complexity index is 689. The van der Waals surface area contributed by atoms with Gasteiger partial charge in [0.1, 0.15) is 0 Å².